The first kappa shape index (κ1) is 11.6. The monoisotopic (exact) mass is 233 g/mol. The van der Waals surface area contributed by atoms with Crippen molar-refractivity contribution in [2.75, 3.05) is 19.1 Å². The van der Waals surface area contributed by atoms with Crippen molar-refractivity contribution in [3.63, 3.8) is 0 Å². The fraction of sp³-hybridized carbons (Fsp3) is 0.417. The van der Waals surface area contributed by atoms with Crippen molar-refractivity contribution >= 4 is 11.7 Å². The highest BCUT2D eigenvalue weighted by Crippen LogP contribution is 2.40. The first-order valence-corrected chi connectivity index (χ1v) is 5.58. The summed E-state index contributed by atoms with van der Waals surface area (Å²) in [4.78, 5) is 23.7. The van der Waals surface area contributed by atoms with E-state index < -0.39 is 6.03 Å². The average Bonchev–Trinajstić information content (AvgIpc) is 3.14. The van der Waals surface area contributed by atoms with E-state index in [9.17, 15) is 9.70 Å². The van der Waals surface area contributed by atoms with Crippen molar-refractivity contribution in [3.05, 3.63) is 34.7 Å². The number of carbonyl (C=O) groups excluding carboxylic acids is 1. The lowest BCUT2D eigenvalue weighted by Crippen LogP contribution is -2.35. The zero-order chi connectivity index (χ0) is 12.4. The lowest BCUT2D eigenvalue weighted by Gasteiger charge is -2.18. The largest absolute Gasteiger partial charge is 0.347 e. The third-order valence-electron chi connectivity index (χ3n) is 2.83. The molecule has 0 spiro atoms. The van der Waals surface area contributed by atoms with Crippen LogP contribution in [0.2, 0.25) is 0 Å². The summed E-state index contributed by atoms with van der Waals surface area (Å²) in [7, 11) is 3.16. The summed E-state index contributed by atoms with van der Waals surface area (Å²) in [5.41, 5.74) is 1.76. The van der Waals surface area contributed by atoms with Gasteiger partial charge < -0.3 is 4.90 Å². The number of benzene rings is 1. The molecular formula is C12H15N3O2. The van der Waals surface area contributed by atoms with Crippen LogP contribution >= 0.6 is 0 Å². The fourth-order valence-corrected chi connectivity index (χ4v) is 1.69. The fourth-order valence-electron chi connectivity index (χ4n) is 1.69. The molecule has 1 aromatic rings. The number of amides is 2. The molecule has 0 N–H and O–H groups in total. The normalized spacial score (nSPS) is 14.2. The Kier molecular flexibility index (Phi) is 3.08. The second kappa shape index (κ2) is 4.53. The molecule has 1 fully saturated rings. The SMILES string of the molecule is CN(C)C(=O)N(N=O)c1ccc(C2CC2)cc1. The molecule has 1 aromatic carbocycles. The zero-order valence-corrected chi connectivity index (χ0v) is 9.96. The summed E-state index contributed by atoms with van der Waals surface area (Å²) in [5, 5.41) is 3.62. The van der Waals surface area contributed by atoms with E-state index in [1.54, 1.807) is 26.2 Å². The summed E-state index contributed by atoms with van der Waals surface area (Å²) < 4.78 is 0. The van der Waals surface area contributed by atoms with E-state index in [0.717, 1.165) is 5.01 Å². The molecular weight excluding hydrogens is 218 g/mol. The third-order valence-corrected chi connectivity index (χ3v) is 2.83. The molecule has 0 atom stereocenters. The number of nitroso groups, excluding NO2 is 1. The molecule has 0 saturated heterocycles. The van der Waals surface area contributed by atoms with Gasteiger partial charge in [0.2, 0.25) is 0 Å². The number of carbonyl (C=O) groups is 1. The standard InChI is InChI=1S/C12H15N3O2/c1-14(2)12(16)15(13-17)11-7-5-10(6-8-11)9-3-4-9/h5-9H,3-4H2,1-2H3. The topological polar surface area (TPSA) is 53.0 Å². The number of urea groups is 1. The molecule has 5 nitrogen and oxygen atoms in total. The maximum Gasteiger partial charge on any atom is 0.347 e. The van der Waals surface area contributed by atoms with Gasteiger partial charge in [0.05, 0.1) is 11.0 Å². The van der Waals surface area contributed by atoms with Crippen molar-refractivity contribution in [1.29, 1.82) is 0 Å². The van der Waals surface area contributed by atoms with Crippen molar-refractivity contribution < 1.29 is 4.79 Å². The zero-order valence-electron chi connectivity index (χ0n) is 9.96. The molecule has 0 heterocycles. The molecule has 0 aliphatic heterocycles. The quantitative estimate of drug-likeness (QED) is 0.595. The lowest BCUT2D eigenvalue weighted by atomic mass is 10.1. The highest BCUT2D eigenvalue weighted by molar-refractivity contribution is 5.90. The van der Waals surface area contributed by atoms with Gasteiger partial charge in [-0.05, 0) is 36.5 Å². The first-order chi connectivity index (χ1) is 8.13. The summed E-state index contributed by atoms with van der Waals surface area (Å²) in [6.45, 7) is 0. The number of anilines is 1. The van der Waals surface area contributed by atoms with E-state index in [4.69, 9.17) is 0 Å². The van der Waals surface area contributed by atoms with Crippen molar-refractivity contribution in [2.24, 2.45) is 5.29 Å². The van der Waals surface area contributed by atoms with Crippen molar-refractivity contribution in [1.82, 2.24) is 4.90 Å². The van der Waals surface area contributed by atoms with Crippen LogP contribution in [-0.4, -0.2) is 25.0 Å². The van der Waals surface area contributed by atoms with E-state index in [-0.39, 0.29) is 0 Å². The van der Waals surface area contributed by atoms with E-state index >= 15 is 0 Å². The first-order valence-electron chi connectivity index (χ1n) is 5.58. The summed E-state index contributed by atoms with van der Waals surface area (Å²) >= 11 is 0. The van der Waals surface area contributed by atoms with E-state index in [2.05, 4.69) is 5.29 Å². The third kappa shape index (κ3) is 2.43. The Morgan fingerprint density at radius 2 is 1.82 bits per heavy atom. The molecule has 2 rings (SSSR count). The Morgan fingerprint density at radius 3 is 2.24 bits per heavy atom. The number of hydrogen-bond acceptors (Lipinski definition) is 3. The molecule has 0 bridgehead atoms. The molecule has 0 unspecified atom stereocenters. The predicted molar refractivity (Wildman–Crippen MR) is 65.8 cm³/mol. The average molecular weight is 233 g/mol. The molecule has 17 heavy (non-hydrogen) atoms. The number of nitrogens with zero attached hydrogens (tertiary/aromatic N) is 3. The second-order valence-corrected chi connectivity index (χ2v) is 4.44. The Balaban J connectivity index is 2.18. The lowest BCUT2D eigenvalue weighted by molar-refractivity contribution is 0.224. The molecule has 90 valence electrons. The predicted octanol–water partition coefficient (Wildman–Crippen LogP) is 2.73. The summed E-state index contributed by atoms with van der Waals surface area (Å²) in [6.07, 6.45) is 2.46. The van der Waals surface area contributed by atoms with Crippen LogP contribution in [-0.2, 0) is 0 Å². The van der Waals surface area contributed by atoms with Crippen LogP contribution in [0.3, 0.4) is 0 Å². The van der Waals surface area contributed by atoms with E-state index in [1.165, 1.54) is 23.3 Å². The molecule has 0 aromatic heterocycles. The smallest absolute Gasteiger partial charge is 0.329 e. The van der Waals surface area contributed by atoms with Crippen LogP contribution in [0.25, 0.3) is 0 Å². The summed E-state index contributed by atoms with van der Waals surface area (Å²) in [6, 6.07) is 6.98. The van der Waals surface area contributed by atoms with Gasteiger partial charge in [0.15, 0.2) is 0 Å². The Morgan fingerprint density at radius 1 is 1.24 bits per heavy atom. The maximum absolute atomic E-state index is 11.7. The molecule has 5 heteroatoms. The van der Waals surface area contributed by atoms with Crippen LogP contribution in [0.15, 0.2) is 29.6 Å². The summed E-state index contributed by atoms with van der Waals surface area (Å²) in [5.74, 6) is 0.659. The molecule has 1 aliphatic carbocycles. The highest BCUT2D eigenvalue weighted by atomic mass is 16.3. The second-order valence-electron chi connectivity index (χ2n) is 4.44. The van der Waals surface area contributed by atoms with Crippen LogP contribution < -0.4 is 5.01 Å². The number of rotatable bonds is 3. The van der Waals surface area contributed by atoms with Crippen LogP contribution in [0.1, 0.15) is 24.3 Å². The molecule has 0 radical (unpaired) electrons. The van der Waals surface area contributed by atoms with Gasteiger partial charge in [-0.2, -0.15) is 0 Å². The maximum atomic E-state index is 11.7. The van der Waals surface area contributed by atoms with E-state index in [1.807, 2.05) is 12.1 Å². The molecule has 1 aliphatic rings. The van der Waals surface area contributed by atoms with Gasteiger partial charge in [-0.15, -0.1) is 9.92 Å². The molecule has 2 amide bonds. The van der Waals surface area contributed by atoms with Gasteiger partial charge >= 0.3 is 6.03 Å². The van der Waals surface area contributed by atoms with E-state index in [0.29, 0.717) is 11.6 Å². The van der Waals surface area contributed by atoms with Gasteiger partial charge in [-0.25, -0.2) is 4.79 Å². The molecule has 1 saturated carbocycles. The van der Waals surface area contributed by atoms with Gasteiger partial charge in [-0.3, -0.25) is 0 Å². The van der Waals surface area contributed by atoms with Gasteiger partial charge in [-0.1, -0.05) is 12.1 Å². The van der Waals surface area contributed by atoms with Crippen molar-refractivity contribution in [2.45, 2.75) is 18.8 Å². The minimum atomic E-state index is -0.445. The van der Waals surface area contributed by atoms with Gasteiger partial charge in [0.1, 0.15) is 0 Å². The van der Waals surface area contributed by atoms with Crippen LogP contribution in [0, 0.1) is 4.91 Å². The minimum absolute atomic E-state index is 0.445. The minimum Gasteiger partial charge on any atom is -0.329 e. The van der Waals surface area contributed by atoms with Crippen LogP contribution in [0.5, 0.6) is 0 Å². The highest BCUT2D eigenvalue weighted by Gasteiger charge is 2.24. The van der Waals surface area contributed by atoms with Crippen LogP contribution in [0.4, 0.5) is 10.5 Å². The Labute approximate surface area is 100.0 Å². The van der Waals surface area contributed by atoms with Gasteiger partial charge in [0, 0.05) is 14.1 Å². The Bertz CT molecular complexity index is 424. The number of hydrogen-bond donors (Lipinski definition) is 0. The van der Waals surface area contributed by atoms with Crippen molar-refractivity contribution in [3.8, 4) is 0 Å². The van der Waals surface area contributed by atoms with Gasteiger partial charge in [0.25, 0.3) is 0 Å². The Hall–Kier alpha value is -1.91.